The molecule has 0 saturated heterocycles. The molecule has 0 aromatic heterocycles. The van der Waals surface area contributed by atoms with E-state index in [1.807, 2.05) is 0 Å². The lowest BCUT2D eigenvalue weighted by molar-refractivity contribution is -0.440. The molecule has 0 bridgehead atoms. The van der Waals surface area contributed by atoms with Gasteiger partial charge in [-0.1, -0.05) is 6.58 Å². The molecule has 1 aromatic rings. The SMILES string of the molecule is C=C(C)C(=O)OCCOCCOCCOCCOC(=O)c1cc(OCCCCC(F)(F)C(F)(F)C(F)(F)C(F)(F)C(F)(F)C(F)(F)F)c(OCCCCC(F)(F)C(F)(F)C(F)(F)C(F)(F)C(F)(F)C(F)(F)F)c(OCCCCC(F)(F)C(F)(F)C(F)(F)C(F)(F)C(F)(F)C(F)(F)F)c1. The molecule has 0 amide bonds. The molecular formula is C49H47F39O10. The summed E-state index contributed by atoms with van der Waals surface area (Å²) in [5.41, 5.74) is -1.06. The summed E-state index contributed by atoms with van der Waals surface area (Å²) in [5.74, 6) is -125. The highest BCUT2D eigenvalue weighted by molar-refractivity contribution is 5.91. The predicted octanol–water partition coefficient (Wildman–Crippen LogP) is 17.9. The van der Waals surface area contributed by atoms with Crippen molar-refractivity contribution in [2.75, 3.05) is 72.7 Å². The highest BCUT2D eigenvalue weighted by Crippen LogP contribution is 2.64. The van der Waals surface area contributed by atoms with Gasteiger partial charge in [-0.2, -0.15) is 171 Å². The zero-order valence-electron chi connectivity index (χ0n) is 48.3. The fraction of sp³-hybridized carbons (Fsp3) is 0.796. The average Bonchev–Trinajstić information content (AvgIpc) is 0.726. The molecule has 0 heterocycles. The van der Waals surface area contributed by atoms with Gasteiger partial charge >= 0.3 is 119 Å². The summed E-state index contributed by atoms with van der Waals surface area (Å²) in [4.78, 5) is 24.6. The van der Waals surface area contributed by atoms with Crippen LogP contribution in [-0.2, 0) is 28.5 Å². The number of hydrogen-bond donors (Lipinski definition) is 0. The van der Waals surface area contributed by atoms with Crippen LogP contribution in [0.5, 0.6) is 17.2 Å². The van der Waals surface area contributed by atoms with Crippen molar-refractivity contribution in [3.05, 3.63) is 29.8 Å². The fourth-order valence-electron chi connectivity index (χ4n) is 6.95. The van der Waals surface area contributed by atoms with E-state index in [1.165, 1.54) is 6.92 Å². The van der Waals surface area contributed by atoms with Crippen LogP contribution in [0.15, 0.2) is 24.3 Å². The summed E-state index contributed by atoms with van der Waals surface area (Å²) >= 11 is 0. The first-order valence-corrected chi connectivity index (χ1v) is 26.3. The Balaban J connectivity index is 3.84. The van der Waals surface area contributed by atoms with Gasteiger partial charge in [-0.15, -0.1) is 0 Å². The Morgan fingerprint density at radius 2 is 0.541 bits per heavy atom. The van der Waals surface area contributed by atoms with E-state index < -0.39 is 233 Å². The maximum absolute atomic E-state index is 14.6. The number of ether oxygens (including phenoxy) is 8. The second-order valence-electron chi connectivity index (χ2n) is 20.1. The van der Waals surface area contributed by atoms with E-state index in [2.05, 4.69) is 6.58 Å². The van der Waals surface area contributed by atoms with E-state index in [9.17, 15) is 181 Å². The van der Waals surface area contributed by atoms with Crippen LogP contribution in [0.1, 0.15) is 75.1 Å². The predicted molar refractivity (Wildman–Crippen MR) is 245 cm³/mol. The minimum absolute atomic E-state index is 0.0703. The topological polar surface area (TPSA) is 108 Å². The Kier molecular flexibility index (Phi) is 29.3. The van der Waals surface area contributed by atoms with Crippen LogP contribution in [0.25, 0.3) is 0 Å². The minimum Gasteiger partial charge on any atom is -0.490 e. The molecule has 49 heteroatoms. The van der Waals surface area contributed by atoms with Gasteiger partial charge < -0.3 is 37.9 Å². The van der Waals surface area contributed by atoms with E-state index in [0.717, 1.165) is 0 Å². The molecule has 1 aromatic carbocycles. The third kappa shape index (κ3) is 18.8. The Bertz CT molecular complexity index is 2640. The van der Waals surface area contributed by atoms with E-state index in [1.54, 1.807) is 0 Å². The molecule has 576 valence electrons. The summed E-state index contributed by atoms with van der Waals surface area (Å²) < 4.78 is 573. The molecule has 0 unspecified atom stereocenters. The Morgan fingerprint density at radius 3 is 0.796 bits per heavy atom. The molecule has 1 rings (SSSR count). The molecule has 0 spiro atoms. The smallest absolute Gasteiger partial charge is 0.460 e. The maximum atomic E-state index is 14.6. The van der Waals surface area contributed by atoms with Crippen molar-refractivity contribution >= 4 is 11.9 Å². The zero-order valence-corrected chi connectivity index (χ0v) is 48.3. The van der Waals surface area contributed by atoms with Crippen LogP contribution < -0.4 is 14.2 Å². The quantitative estimate of drug-likeness (QED) is 0.0271. The third-order valence-corrected chi connectivity index (χ3v) is 12.7. The van der Waals surface area contributed by atoms with Gasteiger partial charge in [0.05, 0.1) is 65.0 Å². The first kappa shape index (κ1) is 90.5. The lowest BCUT2D eigenvalue weighted by Crippen LogP contribution is -2.70. The van der Waals surface area contributed by atoms with Gasteiger partial charge in [0, 0.05) is 24.8 Å². The third-order valence-electron chi connectivity index (χ3n) is 12.7. The van der Waals surface area contributed by atoms with Crippen molar-refractivity contribution in [2.24, 2.45) is 0 Å². The Labute approximate surface area is 522 Å². The van der Waals surface area contributed by atoms with E-state index >= 15 is 0 Å². The first-order chi connectivity index (χ1) is 43.6. The monoisotopic (exact) mass is 1540 g/mol. The molecule has 98 heavy (non-hydrogen) atoms. The van der Waals surface area contributed by atoms with Crippen LogP contribution in [0, 0.1) is 0 Å². The number of benzene rings is 1. The second-order valence-corrected chi connectivity index (χ2v) is 20.1. The molecular weight excluding hydrogens is 1490 g/mol. The van der Waals surface area contributed by atoms with Crippen molar-refractivity contribution in [2.45, 2.75) is 172 Å². The first-order valence-electron chi connectivity index (χ1n) is 26.3. The fourth-order valence-corrected chi connectivity index (χ4v) is 6.95. The minimum atomic E-state index is -8.38. The van der Waals surface area contributed by atoms with Gasteiger partial charge in [-0.25, -0.2) is 9.59 Å². The molecule has 10 nitrogen and oxygen atoms in total. The standard InChI is InChI=1S/C49H47F39O10/c1-25(2)30(89)97-21-19-92-17-15-91-16-18-93-20-22-98-31(90)26-23-27(94-12-6-3-9-32(50,51)35(56,57)38(62,63)41(68,69)44(74,75)47(80,81)82)29(96-14-8-5-11-34(54,55)37(60,61)40(66,67)43(72,73)46(78,79)49(86,87)88)28(24-26)95-13-7-4-10-33(52,53)36(58,59)39(64,65)42(70,71)45(76,77)48(83,84)85/h23-24H,1,3-22H2,2H3. The summed E-state index contributed by atoms with van der Waals surface area (Å²) in [6.07, 6.45) is -42.4. The number of alkyl halides is 39. The number of unbranched alkanes of at least 4 members (excludes halogenated alkanes) is 3. The van der Waals surface area contributed by atoms with Crippen molar-refractivity contribution < 1.29 is 219 Å². The summed E-state index contributed by atoms with van der Waals surface area (Å²) in [5, 5.41) is 0. The summed E-state index contributed by atoms with van der Waals surface area (Å²) in [7, 11) is 0. The number of carbonyl (C=O) groups is 2. The molecule has 0 fully saturated rings. The van der Waals surface area contributed by atoms with Crippen molar-refractivity contribution in [1.29, 1.82) is 0 Å². The van der Waals surface area contributed by atoms with Crippen LogP contribution in [0.4, 0.5) is 171 Å². The van der Waals surface area contributed by atoms with Crippen LogP contribution in [-0.4, -0.2) is 192 Å². The zero-order chi connectivity index (χ0) is 77.3. The molecule has 0 aliphatic carbocycles. The highest BCUT2D eigenvalue weighted by Gasteiger charge is 2.93. The van der Waals surface area contributed by atoms with Crippen LogP contribution in [0.2, 0.25) is 0 Å². The normalized spacial score (nSPS) is 14.8. The van der Waals surface area contributed by atoms with E-state index in [-0.39, 0.29) is 57.3 Å². The second kappa shape index (κ2) is 31.8. The van der Waals surface area contributed by atoms with Gasteiger partial charge in [0.25, 0.3) is 0 Å². The lowest BCUT2D eigenvalue weighted by atomic mass is 9.92. The van der Waals surface area contributed by atoms with Gasteiger partial charge in [0.15, 0.2) is 11.5 Å². The van der Waals surface area contributed by atoms with Crippen molar-refractivity contribution in [1.82, 2.24) is 0 Å². The number of carbonyl (C=O) groups excluding carboxylic acids is 2. The van der Waals surface area contributed by atoms with Gasteiger partial charge in [0.2, 0.25) is 5.75 Å². The van der Waals surface area contributed by atoms with E-state index in [0.29, 0.717) is 0 Å². The molecule has 0 aliphatic rings. The van der Waals surface area contributed by atoms with Crippen molar-refractivity contribution in [3.8, 4) is 17.2 Å². The number of halogens is 39. The maximum Gasteiger partial charge on any atom is 0.460 e. The molecule has 0 saturated carbocycles. The van der Waals surface area contributed by atoms with Crippen LogP contribution in [0.3, 0.4) is 0 Å². The molecule has 0 aliphatic heterocycles. The largest absolute Gasteiger partial charge is 0.490 e. The molecule has 0 N–H and O–H groups in total. The van der Waals surface area contributed by atoms with E-state index in [4.69, 9.17) is 37.9 Å². The number of hydrogen-bond acceptors (Lipinski definition) is 10. The van der Waals surface area contributed by atoms with Crippen LogP contribution >= 0.6 is 0 Å². The summed E-state index contributed by atoms with van der Waals surface area (Å²) in [6, 6.07) is 0.458. The Morgan fingerprint density at radius 1 is 0.306 bits per heavy atom. The average molecular weight is 1540 g/mol. The highest BCUT2D eigenvalue weighted by atomic mass is 19.5. The van der Waals surface area contributed by atoms with Gasteiger partial charge in [-0.05, 0) is 57.6 Å². The van der Waals surface area contributed by atoms with Gasteiger partial charge in [0.1, 0.15) is 13.2 Å². The lowest BCUT2D eigenvalue weighted by Gasteiger charge is -2.39. The van der Waals surface area contributed by atoms with Crippen molar-refractivity contribution in [3.63, 3.8) is 0 Å². The summed E-state index contributed by atoms with van der Waals surface area (Å²) in [6.45, 7) is -2.73. The van der Waals surface area contributed by atoms with Gasteiger partial charge in [-0.3, -0.25) is 0 Å². The molecule has 0 radical (unpaired) electrons. The number of rotatable bonds is 44. The Hall–Kier alpha value is -5.55. The molecule has 0 atom stereocenters. The number of esters is 2.